The molecule has 3 nitrogen and oxygen atoms in total. The highest BCUT2D eigenvalue weighted by Crippen LogP contribution is 2.23. The Bertz CT molecular complexity index is 358. The molecule has 0 saturated heterocycles. The molecule has 1 unspecified atom stereocenters. The van der Waals surface area contributed by atoms with Crippen LogP contribution in [-0.4, -0.2) is 32.3 Å². The molecule has 1 atom stereocenters. The van der Waals surface area contributed by atoms with E-state index in [1.54, 1.807) is 14.2 Å². The van der Waals surface area contributed by atoms with Crippen LogP contribution < -0.4 is 14.8 Å². The van der Waals surface area contributed by atoms with E-state index in [0.29, 0.717) is 5.25 Å². The predicted octanol–water partition coefficient (Wildman–Crippen LogP) is 2.94. The zero-order valence-electron chi connectivity index (χ0n) is 11.7. The van der Waals surface area contributed by atoms with Crippen molar-refractivity contribution in [2.45, 2.75) is 25.1 Å². The van der Waals surface area contributed by atoms with Gasteiger partial charge in [0.25, 0.3) is 0 Å². The molecule has 0 fully saturated rings. The third-order valence-corrected chi connectivity index (χ3v) is 3.97. The van der Waals surface area contributed by atoms with Crippen LogP contribution in [0.5, 0.6) is 11.5 Å². The maximum absolute atomic E-state index is 5.34. The number of hydrogen-bond donors (Lipinski definition) is 1. The molecule has 4 heteroatoms. The third kappa shape index (κ3) is 4.78. The first-order valence-corrected chi connectivity index (χ1v) is 7.44. The molecule has 1 N–H and O–H groups in total. The van der Waals surface area contributed by atoms with Crippen LogP contribution in [0.15, 0.2) is 18.2 Å². The van der Waals surface area contributed by atoms with Crippen LogP contribution in [0, 0.1) is 0 Å². The van der Waals surface area contributed by atoms with Gasteiger partial charge in [0.1, 0.15) is 11.5 Å². The molecule has 0 bridgehead atoms. The zero-order chi connectivity index (χ0) is 13.4. The second-order valence-corrected chi connectivity index (χ2v) is 5.47. The Hall–Kier alpha value is -0.870. The van der Waals surface area contributed by atoms with E-state index in [2.05, 4.69) is 18.5 Å². The maximum atomic E-state index is 5.34. The summed E-state index contributed by atoms with van der Waals surface area (Å²) in [5.74, 6) is 1.77. The van der Waals surface area contributed by atoms with Crippen molar-refractivity contribution in [2.75, 3.05) is 27.0 Å². The third-order valence-electron chi connectivity index (χ3n) is 2.93. The quantitative estimate of drug-likeness (QED) is 0.735. The zero-order valence-corrected chi connectivity index (χ0v) is 12.5. The number of rotatable bonds is 8. The minimum absolute atomic E-state index is 0.699. The van der Waals surface area contributed by atoms with Crippen molar-refractivity contribution in [3.05, 3.63) is 23.8 Å². The number of nitrogens with one attached hydrogen (secondary N) is 1. The molecular formula is C14H23NO2S. The summed E-state index contributed by atoms with van der Waals surface area (Å²) in [4.78, 5) is 0. The Morgan fingerprint density at radius 2 is 2.06 bits per heavy atom. The highest BCUT2D eigenvalue weighted by Gasteiger charge is 2.05. The molecule has 1 aromatic rings. The fourth-order valence-corrected chi connectivity index (χ4v) is 2.02. The Balaban J connectivity index is 2.49. The van der Waals surface area contributed by atoms with Crippen molar-refractivity contribution in [1.29, 1.82) is 0 Å². The van der Waals surface area contributed by atoms with Crippen LogP contribution >= 0.6 is 11.8 Å². The molecule has 0 aliphatic rings. The van der Waals surface area contributed by atoms with Gasteiger partial charge in [-0.3, -0.25) is 0 Å². The Morgan fingerprint density at radius 3 is 2.67 bits per heavy atom. The Morgan fingerprint density at radius 1 is 1.28 bits per heavy atom. The summed E-state index contributed by atoms with van der Waals surface area (Å²) in [5.41, 5.74) is 1.13. The molecular weight excluding hydrogens is 246 g/mol. The highest BCUT2D eigenvalue weighted by molar-refractivity contribution is 7.99. The number of thioether (sulfide) groups is 1. The average Bonchev–Trinajstić information content (AvgIpc) is 2.42. The maximum Gasteiger partial charge on any atom is 0.123 e. The molecule has 0 aliphatic carbocycles. The molecule has 0 amide bonds. The van der Waals surface area contributed by atoms with Crippen molar-refractivity contribution < 1.29 is 9.47 Å². The first-order chi connectivity index (χ1) is 8.71. The lowest BCUT2D eigenvalue weighted by molar-refractivity contribution is 0.397. The van der Waals surface area contributed by atoms with E-state index in [-0.39, 0.29) is 0 Å². The fraction of sp³-hybridized carbons (Fsp3) is 0.571. The van der Waals surface area contributed by atoms with E-state index >= 15 is 0 Å². The van der Waals surface area contributed by atoms with Gasteiger partial charge in [-0.2, -0.15) is 11.8 Å². The smallest absolute Gasteiger partial charge is 0.123 e. The first-order valence-electron chi connectivity index (χ1n) is 6.15. The minimum atomic E-state index is 0.699. The lowest BCUT2D eigenvalue weighted by Crippen LogP contribution is -2.18. The van der Waals surface area contributed by atoms with E-state index < -0.39 is 0 Å². The van der Waals surface area contributed by atoms with E-state index in [1.165, 1.54) is 6.42 Å². The SMILES string of the molecule is COc1ccc(OC)c(CNCCC(C)SC)c1. The summed E-state index contributed by atoms with van der Waals surface area (Å²) in [6.07, 6.45) is 3.32. The van der Waals surface area contributed by atoms with Gasteiger partial charge < -0.3 is 14.8 Å². The van der Waals surface area contributed by atoms with Crippen LogP contribution in [0.2, 0.25) is 0 Å². The standard InChI is InChI=1S/C14H23NO2S/c1-11(18-4)7-8-15-10-12-9-13(16-2)5-6-14(12)17-3/h5-6,9,11,15H,7-8,10H2,1-4H3. The van der Waals surface area contributed by atoms with Crippen molar-refractivity contribution in [3.63, 3.8) is 0 Å². The van der Waals surface area contributed by atoms with Crippen molar-refractivity contribution in [3.8, 4) is 11.5 Å². The second kappa shape index (κ2) is 8.27. The van der Waals surface area contributed by atoms with E-state index in [1.807, 2.05) is 30.0 Å². The van der Waals surface area contributed by atoms with Crippen LogP contribution in [0.3, 0.4) is 0 Å². The highest BCUT2D eigenvalue weighted by atomic mass is 32.2. The molecule has 102 valence electrons. The van der Waals surface area contributed by atoms with Crippen molar-refractivity contribution in [1.82, 2.24) is 5.32 Å². The monoisotopic (exact) mass is 269 g/mol. The summed E-state index contributed by atoms with van der Waals surface area (Å²) >= 11 is 1.90. The van der Waals surface area contributed by atoms with Gasteiger partial charge >= 0.3 is 0 Å². The number of benzene rings is 1. The number of hydrogen-bond acceptors (Lipinski definition) is 4. The molecule has 0 aliphatic heterocycles. The lowest BCUT2D eigenvalue weighted by Gasteiger charge is -2.12. The van der Waals surface area contributed by atoms with Gasteiger partial charge in [-0.1, -0.05) is 6.92 Å². The second-order valence-electron chi connectivity index (χ2n) is 4.19. The van der Waals surface area contributed by atoms with Gasteiger partial charge in [0.15, 0.2) is 0 Å². The van der Waals surface area contributed by atoms with Gasteiger partial charge in [0, 0.05) is 17.4 Å². The normalized spacial score (nSPS) is 12.2. The van der Waals surface area contributed by atoms with Crippen molar-refractivity contribution >= 4 is 11.8 Å². The van der Waals surface area contributed by atoms with E-state index in [9.17, 15) is 0 Å². The van der Waals surface area contributed by atoms with Crippen LogP contribution in [-0.2, 0) is 6.54 Å². The Labute approximate surface area is 114 Å². The van der Waals surface area contributed by atoms with Crippen LogP contribution in [0.4, 0.5) is 0 Å². The summed E-state index contributed by atoms with van der Waals surface area (Å²) in [7, 11) is 3.38. The largest absolute Gasteiger partial charge is 0.497 e. The Kier molecular flexibility index (Phi) is 6.98. The molecule has 1 aromatic carbocycles. The molecule has 0 heterocycles. The van der Waals surface area contributed by atoms with Gasteiger partial charge in [-0.05, 0) is 37.4 Å². The van der Waals surface area contributed by atoms with Gasteiger partial charge in [0.2, 0.25) is 0 Å². The molecule has 1 rings (SSSR count). The van der Waals surface area contributed by atoms with Crippen LogP contribution in [0.1, 0.15) is 18.9 Å². The molecule has 0 radical (unpaired) electrons. The van der Waals surface area contributed by atoms with Crippen molar-refractivity contribution in [2.24, 2.45) is 0 Å². The molecule has 18 heavy (non-hydrogen) atoms. The lowest BCUT2D eigenvalue weighted by atomic mass is 10.2. The van der Waals surface area contributed by atoms with Gasteiger partial charge in [-0.25, -0.2) is 0 Å². The van der Waals surface area contributed by atoms with Crippen LogP contribution in [0.25, 0.3) is 0 Å². The first kappa shape index (κ1) is 15.2. The topological polar surface area (TPSA) is 30.5 Å². The molecule has 0 spiro atoms. The molecule has 0 saturated carbocycles. The van der Waals surface area contributed by atoms with Gasteiger partial charge in [-0.15, -0.1) is 0 Å². The average molecular weight is 269 g/mol. The number of ether oxygens (including phenoxy) is 2. The summed E-state index contributed by atoms with van der Waals surface area (Å²) < 4.78 is 10.6. The predicted molar refractivity (Wildman–Crippen MR) is 78.8 cm³/mol. The minimum Gasteiger partial charge on any atom is -0.497 e. The molecule has 0 aromatic heterocycles. The summed E-state index contributed by atoms with van der Waals surface area (Å²) in [6, 6.07) is 5.88. The summed E-state index contributed by atoms with van der Waals surface area (Å²) in [5, 5.41) is 4.14. The summed E-state index contributed by atoms with van der Waals surface area (Å²) in [6.45, 7) is 4.07. The number of methoxy groups -OCH3 is 2. The fourth-order valence-electron chi connectivity index (χ4n) is 1.67. The van der Waals surface area contributed by atoms with Gasteiger partial charge in [0.05, 0.1) is 14.2 Å². The van der Waals surface area contributed by atoms with E-state index in [0.717, 1.165) is 30.2 Å². The van der Waals surface area contributed by atoms with E-state index in [4.69, 9.17) is 9.47 Å².